The van der Waals surface area contributed by atoms with Crippen molar-refractivity contribution >= 4 is 29.1 Å². The van der Waals surface area contributed by atoms with Crippen molar-refractivity contribution in [3.8, 4) is 0 Å². The molecule has 2 aromatic rings. The highest BCUT2D eigenvalue weighted by molar-refractivity contribution is 6.49. The van der Waals surface area contributed by atoms with Gasteiger partial charge >= 0.3 is 0 Å². The molecular formula is C22H18ClFN2O3. The van der Waals surface area contributed by atoms with E-state index in [2.05, 4.69) is 5.32 Å². The average molecular weight is 413 g/mol. The molecular weight excluding hydrogens is 395 g/mol. The molecule has 0 bridgehead atoms. The first kappa shape index (κ1) is 19.3. The third-order valence-electron chi connectivity index (χ3n) is 5.29. The molecule has 5 nitrogen and oxygen atoms in total. The summed E-state index contributed by atoms with van der Waals surface area (Å²) in [5, 5.41) is 2.56. The van der Waals surface area contributed by atoms with Crippen LogP contribution in [0.2, 0.25) is 0 Å². The normalized spacial score (nSPS) is 18.8. The van der Waals surface area contributed by atoms with Crippen LogP contribution in [0.5, 0.6) is 0 Å². The molecule has 0 spiro atoms. The highest BCUT2D eigenvalue weighted by Gasteiger charge is 2.40. The number of allylic oxidation sites excluding steroid dienone is 2. The topological polar surface area (TPSA) is 66.5 Å². The van der Waals surface area contributed by atoms with E-state index in [0.29, 0.717) is 24.9 Å². The molecule has 1 atom stereocenters. The summed E-state index contributed by atoms with van der Waals surface area (Å²) in [6, 6.07) is 12.1. The number of Topliss-reactive ketones (excluding diaryl/α,β-unsaturated/α-hetero) is 2. The minimum absolute atomic E-state index is 0.0400. The number of nitrogens with zero attached hydrogens (tertiary/aromatic N) is 1. The van der Waals surface area contributed by atoms with E-state index in [1.54, 1.807) is 47.4 Å². The maximum atomic E-state index is 13.8. The number of carbonyl (C=O) groups excluding carboxylic acids is 3. The Morgan fingerprint density at radius 1 is 1.07 bits per heavy atom. The highest BCUT2D eigenvalue weighted by atomic mass is 35.5. The maximum absolute atomic E-state index is 13.8. The Kier molecular flexibility index (Phi) is 5.20. The molecule has 0 radical (unpaired) electrons. The van der Waals surface area contributed by atoms with Crippen LogP contribution in [-0.4, -0.2) is 35.0 Å². The second-order valence-corrected chi connectivity index (χ2v) is 7.41. The van der Waals surface area contributed by atoms with Crippen LogP contribution in [-0.2, 0) is 11.3 Å². The van der Waals surface area contributed by atoms with Gasteiger partial charge in [0.1, 0.15) is 22.6 Å². The van der Waals surface area contributed by atoms with Gasteiger partial charge in [-0.3, -0.25) is 14.4 Å². The number of nitrogens with one attached hydrogen (secondary N) is 1. The van der Waals surface area contributed by atoms with E-state index in [9.17, 15) is 18.8 Å². The van der Waals surface area contributed by atoms with Gasteiger partial charge in [-0.05, 0) is 18.9 Å². The van der Waals surface area contributed by atoms with Crippen molar-refractivity contribution in [3.05, 3.63) is 81.8 Å². The van der Waals surface area contributed by atoms with Crippen LogP contribution in [0.15, 0.2) is 59.3 Å². The van der Waals surface area contributed by atoms with Gasteiger partial charge < -0.3 is 10.2 Å². The number of rotatable bonds is 4. The molecule has 1 saturated heterocycles. The van der Waals surface area contributed by atoms with Gasteiger partial charge in [-0.25, -0.2) is 4.39 Å². The molecule has 4 rings (SSSR count). The summed E-state index contributed by atoms with van der Waals surface area (Å²) in [4.78, 5) is 40.1. The van der Waals surface area contributed by atoms with Crippen molar-refractivity contribution in [1.29, 1.82) is 0 Å². The van der Waals surface area contributed by atoms with Crippen LogP contribution in [0.4, 0.5) is 4.39 Å². The number of carbonyl (C=O) groups is 3. The molecule has 1 aliphatic heterocycles. The van der Waals surface area contributed by atoms with Gasteiger partial charge in [-0.15, -0.1) is 0 Å². The number of fused-ring (bicyclic) bond motifs is 1. The maximum Gasteiger partial charge on any atom is 0.242 e. The molecule has 148 valence electrons. The summed E-state index contributed by atoms with van der Waals surface area (Å²) in [5.41, 5.74) is 1.000. The Bertz CT molecular complexity index is 1050. The van der Waals surface area contributed by atoms with Crippen LogP contribution >= 0.6 is 11.6 Å². The Hall–Kier alpha value is -2.99. The molecule has 1 aliphatic carbocycles. The minimum atomic E-state index is -0.646. The molecule has 0 unspecified atom stereocenters. The molecule has 2 aromatic carbocycles. The van der Waals surface area contributed by atoms with Gasteiger partial charge in [0, 0.05) is 29.8 Å². The van der Waals surface area contributed by atoms with Crippen molar-refractivity contribution in [2.24, 2.45) is 0 Å². The van der Waals surface area contributed by atoms with Crippen molar-refractivity contribution in [2.75, 3.05) is 6.54 Å². The first-order valence-electron chi connectivity index (χ1n) is 9.35. The zero-order chi connectivity index (χ0) is 20.5. The molecule has 2 aliphatic rings. The Morgan fingerprint density at radius 3 is 2.45 bits per heavy atom. The molecule has 0 aromatic heterocycles. The number of amides is 1. The summed E-state index contributed by atoms with van der Waals surface area (Å²) >= 11 is 6.29. The number of ketones is 2. The van der Waals surface area contributed by atoms with Crippen molar-refractivity contribution in [2.45, 2.75) is 25.4 Å². The summed E-state index contributed by atoms with van der Waals surface area (Å²) < 4.78 is 13.8. The average Bonchev–Trinajstić information content (AvgIpc) is 3.21. The van der Waals surface area contributed by atoms with Crippen molar-refractivity contribution in [3.63, 3.8) is 0 Å². The largest absolute Gasteiger partial charge is 0.355 e. The lowest BCUT2D eigenvalue weighted by Gasteiger charge is -2.30. The fourth-order valence-electron chi connectivity index (χ4n) is 3.84. The molecule has 7 heteroatoms. The van der Waals surface area contributed by atoms with Gasteiger partial charge in [-0.1, -0.05) is 54.1 Å². The molecule has 1 heterocycles. The van der Waals surface area contributed by atoms with Crippen molar-refractivity contribution in [1.82, 2.24) is 10.2 Å². The Balaban J connectivity index is 1.57. The second kappa shape index (κ2) is 7.79. The molecule has 1 amide bonds. The molecule has 29 heavy (non-hydrogen) atoms. The van der Waals surface area contributed by atoms with Gasteiger partial charge in [0.25, 0.3) is 0 Å². The number of halogens is 2. The van der Waals surface area contributed by atoms with E-state index < -0.39 is 17.6 Å². The van der Waals surface area contributed by atoms with E-state index in [0.717, 1.165) is 0 Å². The summed E-state index contributed by atoms with van der Waals surface area (Å²) in [6.45, 7) is 0.475. The van der Waals surface area contributed by atoms with E-state index in [4.69, 9.17) is 11.6 Å². The number of hydrogen-bond acceptors (Lipinski definition) is 4. The number of hydrogen-bond donors (Lipinski definition) is 1. The molecule has 1 fully saturated rings. The van der Waals surface area contributed by atoms with Crippen molar-refractivity contribution < 1.29 is 18.8 Å². The second-order valence-electron chi connectivity index (χ2n) is 7.03. The summed E-state index contributed by atoms with van der Waals surface area (Å²) in [6.07, 6.45) is 1.19. The monoisotopic (exact) mass is 412 g/mol. The molecule has 1 N–H and O–H groups in total. The third kappa shape index (κ3) is 3.44. The number of benzene rings is 2. The smallest absolute Gasteiger partial charge is 0.242 e. The Labute approximate surface area is 172 Å². The highest BCUT2D eigenvalue weighted by Crippen LogP contribution is 2.34. The zero-order valence-corrected chi connectivity index (χ0v) is 16.2. The van der Waals surface area contributed by atoms with Crippen LogP contribution in [0.1, 0.15) is 39.1 Å². The minimum Gasteiger partial charge on any atom is -0.355 e. The number of likely N-dealkylation sites (tertiary alicyclic amines) is 1. The van der Waals surface area contributed by atoms with Crippen LogP contribution in [0, 0.1) is 5.82 Å². The summed E-state index contributed by atoms with van der Waals surface area (Å²) in [5.74, 6) is -1.51. The predicted molar refractivity (Wildman–Crippen MR) is 106 cm³/mol. The molecule has 0 saturated carbocycles. The predicted octanol–water partition coefficient (Wildman–Crippen LogP) is 3.44. The standard InChI is InChI=1S/C22H18ClFN2O3/c23-18-19(21(28)15-8-3-2-7-14(15)20(18)27)26-11-5-10-17(26)22(29)25-12-13-6-1-4-9-16(13)24/h1-4,6-9,17H,5,10-12H2,(H,25,29)/t17-/m1/s1. The van der Waals surface area contributed by atoms with E-state index in [1.807, 2.05) is 0 Å². The lowest BCUT2D eigenvalue weighted by atomic mass is 9.91. The fraction of sp³-hybridized carbons (Fsp3) is 0.227. The van der Waals surface area contributed by atoms with Gasteiger partial charge in [0.2, 0.25) is 17.5 Å². The first-order valence-corrected chi connectivity index (χ1v) is 9.73. The van der Waals surface area contributed by atoms with Gasteiger partial charge in [0.15, 0.2) is 0 Å². The third-order valence-corrected chi connectivity index (χ3v) is 5.64. The van der Waals surface area contributed by atoms with Gasteiger partial charge in [0.05, 0.1) is 0 Å². The fourth-order valence-corrected chi connectivity index (χ4v) is 4.13. The quantitative estimate of drug-likeness (QED) is 0.835. The van der Waals surface area contributed by atoms with Crippen LogP contribution in [0.3, 0.4) is 0 Å². The van der Waals surface area contributed by atoms with E-state index in [1.165, 1.54) is 6.07 Å². The lowest BCUT2D eigenvalue weighted by Crippen LogP contribution is -2.45. The first-order chi connectivity index (χ1) is 14.0. The SMILES string of the molecule is O=C1C(Cl)=C(N2CCC[C@@H]2C(=O)NCc2ccccc2F)C(=O)c2ccccc21. The lowest BCUT2D eigenvalue weighted by molar-refractivity contribution is -0.125. The van der Waals surface area contributed by atoms with E-state index >= 15 is 0 Å². The van der Waals surface area contributed by atoms with Crippen LogP contribution in [0.25, 0.3) is 0 Å². The van der Waals surface area contributed by atoms with E-state index in [-0.39, 0.29) is 40.1 Å². The van der Waals surface area contributed by atoms with Crippen LogP contribution < -0.4 is 5.32 Å². The summed E-state index contributed by atoms with van der Waals surface area (Å²) in [7, 11) is 0. The zero-order valence-electron chi connectivity index (χ0n) is 15.5. The Morgan fingerprint density at radius 2 is 1.72 bits per heavy atom. The van der Waals surface area contributed by atoms with Gasteiger partial charge in [-0.2, -0.15) is 0 Å².